The zero-order valence-electron chi connectivity index (χ0n) is 25.8. The van der Waals surface area contributed by atoms with E-state index in [1.165, 1.54) is 5.06 Å². The molecule has 0 radical (unpaired) electrons. The normalized spacial score (nSPS) is 12.8. The summed E-state index contributed by atoms with van der Waals surface area (Å²) in [4.78, 5) is 49.0. The van der Waals surface area contributed by atoms with Crippen molar-refractivity contribution in [1.29, 1.82) is 0 Å². The molecule has 0 atom stereocenters. The summed E-state index contributed by atoms with van der Waals surface area (Å²) in [6, 6.07) is 21.7. The summed E-state index contributed by atoms with van der Waals surface area (Å²) in [7, 11) is 3.62. The first-order valence-corrected chi connectivity index (χ1v) is 14.7. The van der Waals surface area contributed by atoms with Gasteiger partial charge in [-0.2, -0.15) is 0 Å². The minimum Gasteiger partial charge on any atom is -0.493 e. The standard InChI is InChI=1S/C33H41N5O5.2ClH/c1-36-18-20-38(21-19-36)31(39)14-8-23-43-37(2)33(41)27-16-15-26(24-29(27)25-10-4-3-5-11-25)35-32(40)28-12-6-7-13-30(28)42-22-9-17-34;;/h3-7,10-13,15-16,24H,8-9,14,17-23,34H2,1-2H3,(H,35,40);2*1H. The van der Waals surface area contributed by atoms with Gasteiger partial charge in [0.05, 0.1) is 18.8 Å². The lowest BCUT2D eigenvalue weighted by Crippen LogP contribution is -2.47. The average Bonchev–Trinajstić information content (AvgIpc) is 3.03. The number of anilines is 1. The lowest BCUT2D eigenvalue weighted by molar-refractivity contribution is -0.135. The monoisotopic (exact) mass is 659 g/mol. The SMILES string of the molecule is CN1CCN(C(=O)CCCON(C)C(=O)c2ccc(NC(=O)c3ccccc3OCCCN)cc2-c2ccccc2)CC1.Cl.Cl. The largest absolute Gasteiger partial charge is 0.493 e. The molecule has 0 unspecified atom stereocenters. The number of carbonyl (C=O) groups excluding carboxylic acids is 3. The maximum absolute atomic E-state index is 13.5. The summed E-state index contributed by atoms with van der Waals surface area (Å²) >= 11 is 0. The maximum Gasteiger partial charge on any atom is 0.277 e. The third-order valence-electron chi connectivity index (χ3n) is 7.29. The van der Waals surface area contributed by atoms with Gasteiger partial charge in [0.2, 0.25) is 5.91 Å². The molecule has 45 heavy (non-hydrogen) atoms. The van der Waals surface area contributed by atoms with Gasteiger partial charge < -0.3 is 25.6 Å². The van der Waals surface area contributed by atoms with Gasteiger partial charge in [-0.1, -0.05) is 42.5 Å². The number of hydrogen-bond acceptors (Lipinski definition) is 7. The molecule has 0 aromatic heterocycles. The number of hydrogen-bond donors (Lipinski definition) is 2. The van der Waals surface area contributed by atoms with E-state index in [1.807, 2.05) is 41.3 Å². The molecule has 0 saturated carbocycles. The van der Waals surface area contributed by atoms with Crippen LogP contribution < -0.4 is 15.8 Å². The highest BCUT2D eigenvalue weighted by atomic mass is 35.5. The third kappa shape index (κ3) is 10.7. The Bertz CT molecular complexity index is 1390. The number of amides is 3. The molecule has 3 N–H and O–H groups in total. The minimum atomic E-state index is -0.333. The van der Waals surface area contributed by atoms with Crippen LogP contribution in [-0.2, 0) is 9.63 Å². The summed E-state index contributed by atoms with van der Waals surface area (Å²) in [5.74, 6) is -0.0688. The Balaban J connectivity index is 0.00000353. The first-order valence-electron chi connectivity index (χ1n) is 14.7. The van der Waals surface area contributed by atoms with E-state index in [2.05, 4.69) is 17.3 Å². The Morgan fingerprint density at radius 3 is 2.27 bits per heavy atom. The number of halogens is 2. The van der Waals surface area contributed by atoms with E-state index in [-0.39, 0.29) is 49.1 Å². The molecule has 1 aliphatic heterocycles. The molecule has 4 rings (SSSR count). The molecule has 10 nitrogen and oxygen atoms in total. The predicted octanol–water partition coefficient (Wildman–Crippen LogP) is 4.73. The Morgan fingerprint density at radius 1 is 0.867 bits per heavy atom. The fourth-order valence-corrected chi connectivity index (χ4v) is 4.78. The first-order chi connectivity index (χ1) is 20.9. The van der Waals surface area contributed by atoms with Crippen LogP contribution in [0.15, 0.2) is 72.8 Å². The van der Waals surface area contributed by atoms with Gasteiger partial charge in [0, 0.05) is 50.9 Å². The van der Waals surface area contributed by atoms with Gasteiger partial charge in [-0.15, -0.1) is 24.8 Å². The van der Waals surface area contributed by atoms with Gasteiger partial charge in [0.1, 0.15) is 5.75 Å². The van der Waals surface area contributed by atoms with Gasteiger partial charge in [-0.3, -0.25) is 19.2 Å². The molecule has 3 amide bonds. The quantitative estimate of drug-likeness (QED) is 0.201. The van der Waals surface area contributed by atoms with Crippen molar-refractivity contribution in [3.63, 3.8) is 0 Å². The lowest BCUT2D eigenvalue weighted by atomic mass is 9.98. The minimum absolute atomic E-state index is 0. The number of nitrogens with zero attached hydrogens (tertiary/aromatic N) is 3. The molecule has 0 aliphatic carbocycles. The van der Waals surface area contributed by atoms with E-state index < -0.39 is 0 Å². The molecule has 12 heteroatoms. The Morgan fingerprint density at radius 2 is 1.56 bits per heavy atom. The van der Waals surface area contributed by atoms with Crippen LogP contribution in [0.5, 0.6) is 5.75 Å². The number of carbonyl (C=O) groups is 3. The summed E-state index contributed by atoms with van der Waals surface area (Å²) < 4.78 is 5.77. The zero-order chi connectivity index (χ0) is 30.6. The molecule has 3 aromatic carbocycles. The summed E-state index contributed by atoms with van der Waals surface area (Å²) in [5, 5.41) is 4.14. The molecule has 1 saturated heterocycles. The molecule has 1 fully saturated rings. The second kappa shape index (κ2) is 19.0. The molecule has 244 valence electrons. The summed E-state index contributed by atoms with van der Waals surface area (Å²) in [6.07, 6.45) is 1.56. The number of rotatable bonds is 13. The van der Waals surface area contributed by atoms with Crippen molar-refractivity contribution >= 4 is 48.2 Å². The third-order valence-corrected chi connectivity index (χ3v) is 7.29. The van der Waals surface area contributed by atoms with Crippen molar-refractivity contribution in [2.24, 2.45) is 5.73 Å². The second-order valence-electron chi connectivity index (χ2n) is 10.5. The van der Waals surface area contributed by atoms with Crippen molar-refractivity contribution in [2.75, 3.05) is 65.3 Å². The summed E-state index contributed by atoms with van der Waals surface area (Å²) in [6.45, 7) is 4.38. The highest BCUT2D eigenvalue weighted by Gasteiger charge is 2.21. The van der Waals surface area contributed by atoms with Gasteiger partial charge in [-0.05, 0) is 67.9 Å². The van der Waals surface area contributed by atoms with Crippen molar-refractivity contribution in [3.8, 4) is 16.9 Å². The molecular weight excluding hydrogens is 617 g/mol. The van der Waals surface area contributed by atoms with Gasteiger partial charge >= 0.3 is 0 Å². The van der Waals surface area contributed by atoms with Gasteiger partial charge in [-0.25, -0.2) is 5.06 Å². The number of piperazine rings is 1. The van der Waals surface area contributed by atoms with Crippen molar-refractivity contribution < 1.29 is 24.0 Å². The number of likely N-dealkylation sites (N-methyl/N-ethyl adjacent to an activating group) is 1. The van der Waals surface area contributed by atoms with Crippen LogP contribution in [0.3, 0.4) is 0 Å². The van der Waals surface area contributed by atoms with Crippen LogP contribution in [0, 0.1) is 0 Å². The Kier molecular flexibility index (Phi) is 15.8. The van der Waals surface area contributed by atoms with E-state index >= 15 is 0 Å². The fraction of sp³-hybridized carbons (Fsp3) is 0.364. The number of nitrogens with one attached hydrogen (secondary N) is 1. The smallest absolute Gasteiger partial charge is 0.277 e. The molecule has 1 heterocycles. The van der Waals surface area contributed by atoms with Crippen molar-refractivity contribution in [1.82, 2.24) is 14.9 Å². The topological polar surface area (TPSA) is 117 Å². The van der Waals surface area contributed by atoms with E-state index in [9.17, 15) is 14.4 Å². The molecular formula is C33H43Cl2N5O5. The molecule has 1 aliphatic rings. The predicted molar refractivity (Wildman–Crippen MR) is 181 cm³/mol. The van der Waals surface area contributed by atoms with Crippen molar-refractivity contribution in [3.05, 3.63) is 83.9 Å². The first kappa shape index (κ1) is 37.5. The van der Waals surface area contributed by atoms with Crippen LogP contribution in [0.25, 0.3) is 11.1 Å². The number of nitrogens with two attached hydrogens (primary N) is 1. The molecule has 0 bridgehead atoms. The Labute approximate surface area is 277 Å². The van der Waals surface area contributed by atoms with Crippen LogP contribution in [0.2, 0.25) is 0 Å². The van der Waals surface area contributed by atoms with Crippen LogP contribution >= 0.6 is 24.8 Å². The molecule has 3 aromatic rings. The Hall–Kier alpha value is -3.67. The number of benzene rings is 3. The molecule has 0 spiro atoms. The van der Waals surface area contributed by atoms with Gasteiger partial charge in [0.15, 0.2) is 0 Å². The summed E-state index contributed by atoms with van der Waals surface area (Å²) in [5.41, 5.74) is 8.39. The van der Waals surface area contributed by atoms with E-state index in [4.69, 9.17) is 15.3 Å². The second-order valence-corrected chi connectivity index (χ2v) is 10.5. The van der Waals surface area contributed by atoms with E-state index in [0.29, 0.717) is 60.5 Å². The highest BCUT2D eigenvalue weighted by molar-refractivity contribution is 6.07. The zero-order valence-corrected chi connectivity index (χ0v) is 27.4. The van der Waals surface area contributed by atoms with Gasteiger partial charge in [0.25, 0.3) is 11.8 Å². The van der Waals surface area contributed by atoms with E-state index in [1.54, 1.807) is 43.4 Å². The lowest BCUT2D eigenvalue weighted by Gasteiger charge is -2.32. The van der Waals surface area contributed by atoms with Crippen molar-refractivity contribution in [2.45, 2.75) is 19.3 Å². The average molecular weight is 661 g/mol. The van der Waals surface area contributed by atoms with Crippen LogP contribution in [0.4, 0.5) is 5.69 Å². The van der Waals surface area contributed by atoms with Crippen LogP contribution in [0.1, 0.15) is 40.0 Å². The number of hydroxylamine groups is 2. The maximum atomic E-state index is 13.5. The number of para-hydroxylation sites is 1. The number of ether oxygens (including phenoxy) is 1. The highest BCUT2D eigenvalue weighted by Crippen LogP contribution is 2.29. The van der Waals surface area contributed by atoms with E-state index in [0.717, 1.165) is 31.7 Å². The fourth-order valence-electron chi connectivity index (χ4n) is 4.78. The van der Waals surface area contributed by atoms with Crippen LogP contribution in [-0.4, -0.2) is 92.6 Å².